The molecule has 0 aliphatic carbocycles. The Kier molecular flexibility index (Phi) is 5.95. The van der Waals surface area contributed by atoms with E-state index < -0.39 is 0 Å². The van der Waals surface area contributed by atoms with Crippen molar-refractivity contribution in [3.63, 3.8) is 0 Å². The Balaban J connectivity index is 2.91. The zero-order valence-corrected chi connectivity index (χ0v) is 11.6. The van der Waals surface area contributed by atoms with Crippen molar-refractivity contribution in [1.82, 2.24) is 5.32 Å². The van der Waals surface area contributed by atoms with Gasteiger partial charge in [0.05, 0.1) is 6.54 Å². The SMILES string of the molecule is CCCN(CC(=O)NC)c1ccc(CN)c(Cl)c1. The Hall–Kier alpha value is -1.26. The molecule has 0 saturated carbocycles. The molecule has 4 nitrogen and oxygen atoms in total. The van der Waals surface area contributed by atoms with Crippen molar-refractivity contribution in [3.8, 4) is 0 Å². The number of benzene rings is 1. The number of nitrogens with zero attached hydrogens (tertiary/aromatic N) is 1. The first-order chi connectivity index (χ1) is 8.62. The second-order valence-corrected chi connectivity index (χ2v) is 4.48. The van der Waals surface area contributed by atoms with E-state index in [0.717, 1.165) is 24.2 Å². The highest BCUT2D eigenvalue weighted by Crippen LogP contribution is 2.23. The van der Waals surface area contributed by atoms with Gasteiger partial charge in [0.25, 0.3) is 0 Å². The van der Waals surface area contributed by atoms with E-state index in [1.54, 1.807) is 7.05 Å². The average molecular weight is 270 g/mol. The first-order valence-electron chi connectivity index (χ1n) is 6.06. The number of halogens is 1. The zero-order valence-electron chi connectivity index (χ0n) is 10.9. The van der Waals surface area contributed by atoms with E-state index in [1.807, 2.05) is 23.1 Å². The van der Waals surface area contributed by atoms with Gasteiger partial charge in [-0.05, 0) is 24.1 Å². The van der Waals surface area contributed by atoms with Crippen LogP contribution >= 0.6 is 11.6 Å². The first kappa shape index (κ1) is 14.8. The highest BCUT2D eigenvalue weighted by molar-refractivity contribution is 6.31. The molecule has 1 amide bonds. The van der Waals surface area contributed by atoms with Crippen LogP contribution in [0.1, 0.15) is 18.9 Å². The number of amides is 1. The molecular weight excluding hydrogens is 250 g/mol. The van der Waals surface area contributed by atoms with Crippen LogP contribution in [0.25, 0.3) is 0 Å². The molecule has 0 atom stereocenters. The zero-order chi connectivity index (χ0) is 13.5. The standard InChI is InChI=1S/C13H20ClN3O/c1-3-6-17(9-13(18)16-2)11-5-4-10(8-15)12(14)7-11/h4-5,7H,3,6,8-9,15H2,1-2H3,(H,16,18). The summed E-state index contributed by atoms with van der Waals surface area (Å²) in [5, 5.41) is 3.27. The largest absolute Gasteiger partial charge is 0.362 e. The minimum absolute atomic E-state index is 0.0116. The topological polar surface area (TPSA) is 58.4 Å². The molecular formula is C13H20ClN3O. The van der Waals surface area contributed by atoms with Gasteiger partial charge in [-0.25, -0.2) is 0 Å². The smallest absolute Gasteiger partial charge is 0.239 e. The highest BCUT2D eigenvalue weighted by atomic mass is 35.5. The molecule has 100 valence electrons. The normalized spacial score (nSPS) is 10.2. The van der Waals surface area contributed by atoms with Gasteiger partial charge in [-0.3, -0.25) is 4.79 Å². The fourth-order valence-corrected chi connectivity index (χ4v) is 1.97. The van der Waals surface area contributed by atoms with Gasteiger partial charge < -0.3 is 16.0 Å². The molecule has 5 heteroatoms. The predicted molar refractivity (Wildman–Crippen MR) is 75.9 cm³/mol. The van der Waals surface area contributed by atoms with Crippen molar-refractivity contribution in [2.75, 3.05) is 25.0 Å². The predicted octanol–water partition coefficient (Wildman–Crippen LogP) is 1.76. The maximum Gasteiger partial charge on any atom is 0.239 e. The van der Waals surface area contributed by atoms with Gasteiger partial charge in [0, 0.05) is 30.8 Å². The molecule has 0 saturated heterocycles. The quantitative estimate of drug-likeness (QED) is 0.827. The van der Waals surface area contributed by atoms with Gasteiger partial charge in [0.2, 0.25) is 5.91 Å². The highest BCUT2D eigenvalue weighted by Gasteiger charge is 2.11. The van der Waals surface area contributed by atoms with E-state index in [-0.39, 0.29) is 5.91 Å². The number of nitrogens with two attached hydrogens (primary N) is 1. The van der Waals surface area contributed by atoms with Crippen molar-refractivity contribution >= 4 is 23.2 Å². The number of nitrogens with one attached hydrogen (secondary N) is 1. The lowest BCUT2D eigenvalue weighted by atomic mass is 10.2. The van der Waals surface area contributed by atoms with E-state index in [9.17, 15) is 4.79 Å². The first-order valence-corrected chi connectivity index (χ1v) is 6.44. The number of likely N-dealkylation sites (N-methyl/N-ethyl adjacent to an activating group) is 1. The van der Waals surface area contributed by atoms with E-state index >= 15 is 0 Å². The van der Waals surface area contributed by atoms with E-state index in [2.05, 4.69) is 12.2 Å². The number of hydrogen-bond donors (Lipinski definition) is 2. The summed E-state index contributed by atoms with van der Waals surface area (Å²) in [6.45, 7) is 3.64. The molecule has 1 aromatic carbocycles. The van der Waals surface area contributed by atoms with Crippen LogP contribution in [-0.2, 0) is 11.3 Å². The van der Waals surface area contributed by atoms with Crippen LogP contribution in [0.4, 0.5) is 5.69 Å². The molecule has 0 fully saturated rings. The van der Waals surface area contributed by atoms with Crippen LogP contribution in [0, 0.1) is 0 Å². The molecule has 1 rings (SSSR count). The minimum atomic E-state index is -0.0116. The molecule has 0 spiro atoms. The van der Waals surface area contributed by atoms with Crippen LogP contribution < -0.4 is 16.0 Å². The van der Waals surface area contributed by atoms with Crippen LogP contribution in [0.2, 0.25) is 5.02 Å². The van der Waals surface area contributed by atoms with Crippen molar-refractivity contribution in [2.24, 2.45) is 5.73 Å². The third-order valence-electron chi connectivity index (χ3n) is 2.73. The molecule has 0 aliphatic rings. The van der Waals surface area contributed by atoms with Crippen LogP contribution in [-0.4, -0.2) is 26.0 Å². The lowest BCUT2D eigenvalue weighted by Gasteiger charge is -2.24. The summed E-state index contributed by atoms with van der Waals surface area (Å²) in [5.41, 5.74) is 7.44. The Morgan fingerprint density at radius 2 is 2.22 bits per heavy atom. The van der Waals surface area contributed by atoms with E-state index in [1.165, 1.54) is 0 Å². The van der Waals surface area contributed by atoms with Gasteiger partial charge >= 0.3 is 0 Å². The van der Waals surface area contributed by atoms with Crippen molar-refractivity contribution in [2.45, 2.75) is 19.9 Å². The van der Waals surface area contributed by atoms with Gasteiger partial charge in [0.1, 0.15) is 0 Å². The summed E-state index contributed by atoms with van der Waals surface area (Å²) in [6.07, 6.45) is 0.966. The Morgan fingerprint density at radius 3 is 2.72 bits per heavy atom. The van der Waals surface area contributed by atoms with Gasteiger partial charge in [-0.15, -0.1) is 0 Å². The Bertz CT molecular complexity index is 409. The number of rotatable bonds is 6. The molecule has 3 N–H and O–H groups in total. The monoisotopic (exact) mass is 269 g/mol. The van der Waals surface area contributed by atoms with E-state index in [4.69, 9.17) is 17.3 Å². The second kappa shape index (κ2) is 7.24. The number of carbonyl (C=O) groups excluding carboxylic acids is 1. The van der Waals surface area contributed by atoms with Crippen LogP contribution in [0.5, 0.6) is 0 Å². The number of anilines is 1. The summed E-state index contributed by atoms with van der Waals surface area (Å²) >= 11 is 6.14. The van der Waals surface area contributed by atoms with Gasteiger partial charge in [-0.2, -0.15) is 0 Å². The summed E-state index contributed by atoms with van der Waals surface area (Å²) in [7, 11) is 1.64. The molecule has 0 heterocycles. The summed E-state index contributed by atoms with van der Waals surface area (Å²) < 4.78 is 0. The molecule has 0 bridgehead atoms. The lowest BCUT2D eigenvalue weighted by molar-refractivity contribution is -0.119. The van der Waals surface area contributed by atoms with Gasteiger partial charge in [-0.1, -0.05) is 24.6 Å². The van der Waals surface area contributed by atoms with E-state index in [0.29, 0.717) is 18.1 Å². The average Bonchev–Trinajstić information content (AvgIpc) is 2.38. The maximum absolute atomic E-state index is 11.5. The lowest BCUT2D eigenvalue weighted by Crippen LogP contribution is -2.36. The summed E-state index contributed by atoms with van der Waals surface area (Å²) in [4.78, 5) is 13.5. The molecule has 0 unspecified atom stereocenters. The third-order valence-corrected chi connectivity index (χ3v) is 3.08. The van der Waals surface area contributed by atoms with Crippen LogP contribution in [0.15, 0.2) is 18.2 Å². The number of hydrogen-bond acceptors (Lipinski definition) is 3. The fourth-order valence-electron chi connectivity index (χ4n) is 1.72. The minimum Gasteiger partial charge on any atom is -0.362 e. The fraction of sp³-hybridized carbons (Fsp3) is 0.462. The second-order valence-electron chi connectivity index (χ2n) is 4.07. The Morgan fingerprint density at radius 1 is 1.50 bits per heavy atom. The third kappa shape index (κ3) is 3.89. The number of carbonyl (C=O) groups is 1. The van der Waals surface area contributed by atoms with Crippen molar-refractivity contribution in [3.05, 3.63) is 28.8 Å². The Labute approximate surface area is 113 Å². The summed E-state index contributed by atoms with van der Waals surface area (Å²) in [5.74, 6) is -0.0116. The maximum atomic E-state index is 11.5. The van der Waals surface area contributed by atoms with Gasteiger partial charge in [0.15, 0.2) is 0 Å². The summed E-state index contributed by atoms with van der Waals surface area (Å²) in [6, 6.07) is 5.72. The molecule has 18 heavy (non-hydrogen) atoms. The molecule has 1 aromatic rings. The van der Waals surface area contributed by atoms with Crippen molar-refractivity contribution < 1.29 is 4.79 Å². The van der Waals surface area contributed by atoms with Crippen molar-refractivity contribution in [1.29, 1.82) is 0 Å². The molecule has 0 aromatic heterocycles. The van der Waals surface area contributed by atoms with Crippen LogP contribution in [0.3, 0.4) is 0 Å². The molecule has 0 aliphatic heterocycles. The molecule has 0 radical (unpaired) electrons.